The molecule has 0 aromatic carbocycles. The number of aliphatic hydroxyl groups is 1. The van der Waals surface area contributed by atoms with Gasteiger partial charge in [0.25, 0.3) is 0 Å². The number of thioether (sulfide) groups is 1. The standard InChI is InChI=1S/C12H15NO7S/c1-5(14)7-9(15)13-8(11(16)17)12(21-10(7)13)20-6-2-18-4-19-3-6/h5-7,10,14H,2-4H2,1H3,(H,16,17)/t5?,7-,10-/m1/s1. The third-order valence-electron chi connectivity index (χ3n) is 3.52. The minimum absolute atomic E-state index is 0.169. The zero-order chi connectivity index (χ0) is 15.1. The van der Waals surface area contributed by atoms with Crippen molar-refractivity contribution in [2.45, 2.75) is 24.5 Å². The van der Waals surface area contributed by atoms with Gasteiger partial charge in [-0.15, -0.1) is 0 Å². The molecule has 3 rings (SSSR count). The number of carbonyl (C=O) groups is 2. The second-order valence-electron chi connectivity index (χ2n) is 5.02. The summed E-state index contributed by atoms with van der Waals surface area (Å²) in [5, 5.41) is 18.7. The molecule has 0 saturated carbocycles. The normalized spacial score (nSPS) is 31.0. The summed E-state index contributed by atoms with van der Waals surface area (Å²) in [7, 11) is 0. The number of ether oxygens (including phenoxy) is 3. The summed E-state index contributed by atoms with van der Waals surface area (Å²) in [5.41, 5.74) is -0.169. The van der Waals surface area contributed by atoms with Crippen LogP contribution in [-0.2, 0) is 23.8 Å². The van der Waals surface area contributed by atoms with E-state index in [0.717, 1.165) is 11.8 Å². The van der Waals surface area contributed by atoms with Gasteiger partial charge >= 0.3 is 5.97 Å². The SMILES string of the molecule is CC(O)[C@@H]1C(=O)N2C(C(=O)O)=C(OC3COCOC3)S[C@H]12. The Labute approximate surface area is 124 Å². The highest BCUT2D eigenvalue weighted by Crippen LogP contribution is 2.50. The smallest absolute Gasteiger partial charge is 0.357 e. The van der Waals surface area contributed by atoms with E-state index in [-0.39, 0.29) is 17.6 Å². The van der Waals surface area contributed by atoms with Gasteiger partial charge in [0.05, 0.1) is 25.2 Å². The molecular weight excluding hydrogens is 302 g/mol. The molecule has 0 bridgehead atoms. The number of carboxylic acid groups (broad SMARTS) is 1. The number of fused-ring (bicyclic) bond motifs is 1. The molecule has 1 amide bonds. The summed E-state index contributed by atoms with van der Waals surface area (Å²) >= 11 is 1.14. The molecule has 3 aliphatic rings. The summed E-state index contributed by atoms with van der Waals surface area (Å²) in [6.45, 7) is 2.31. The van der Waals surface area contributed by atoms with Gasteiger partial charge < -0.3 is 24.4 Å². The van der Waals surface area contributed by atoms with Gasteiger partial charge in [0.15, 0.2) is 10.8 Å². The maximum atomic E-state index is 12.0. The monoisotopic (exact) mass is 317 g/mol. The number of aliphatic hydroxyl groups excluding tert-OH is 1. The van der Waals surface area contributed by atoms with Crippen LogP contribution in [-0.4, -0.2) is 64.6 Å². The average Bonchev–Trinajstić information content (AvgIpc) is 2.74. The van der Waals surface area contributed by atoms with Crippen LogP contribution >= 0.6 is 11.8 Å². The number of aliphatic carboxylic acids is 1. The number of amides is 1. The van der Waals surface area contributed by atoms with Crippen molar-refractivity contribution in [3.63, 3.8) is 0 Å². The van der Waals surface area contributed by atoms with Crippen LogP contribution < -0.4 is 0 Å². The van der Waals surface area contributed by atoms with E-state index in [1.807, 2.05) is 0 Å². The predicted octanol–water partition coefficient (Wildman–Crippen LogP) is -0.458. The van der Waals surface area contributed by atoms with Gasteiger partial charge in [-0.2, -0.15) is 0 Å². The number of rotatable bonds is 4. The van der Waals surface area contributed by atoms with Gasteiger partial charge in [0, 0.05) is 0 Å². The first-order valence-corrected chi connectivity index (χ1v) is 7.36. The lowest BCUT2D eigenvalue weighted by atomic mass is 9.92. The van der Waals surface area contributed by atoms with E-state index in [0.29, 0.717) is 13.2 Å². The summed E-state index contributed by atoms with van der Waals surface area (Å²) in [5.74, 6) is -2.23. The van der Waals surface area contributed by atoms with Crippen LogP contribution in [0.15, 0.2) is 10.8 Å². The summed E-state index contributed by atoms with van der Waals surface area (Å²) in [4.78, 5) is 24.6. The largest absolute Gasteiger partial charge is 0.477 e. The Morgan fingerprint density at radius 2 is 2.14 bits per heavy atom. The van der Waals surface area contributed by atoms with Crippen molar-refractivity contribution < 1.29 is 34.0 Å². The molecule has 3 atom stereocenters. The Hall–Kier alpha value is -1.29. The quantitative estimate of drug-likeness (QED) is 0.671. The van der Waals surface area contributed by atoms with Crippen molar-refractivity contribution >= 4 is 23.6 Å². The molecule has 2 fully saturated rings. The Kier molecular flexibility index (Phi) is 3.82. The molecule has 0 radical (unpaired) electrons. The van der Waals surface area contributed by atoms with Crippen LogP contribution in [0.5, 0.6) is 0 Å². The molecule has 3 heterocycles. The van der Waals surface area contributed by atoms with Gasteiger partial charge in [-0.3, -0.25) is 9.69 Å². The second kappa shape index (κ2) is 5.48. The Balaban J connectivity index is 1.79. The van der Waals surface area contributed by atoms with E-state index >= 15 is 0 Å². The van der Waals surface area contributed by atoms with Crippen molar-refractivity contribution in [2.24, 2.45) is 5.92 Å². The van der Waals surface area contributed by atoms with Crippen LogP contribution in [0.4, 0.5) is 0 Å². The number of β-lactam (4-membered cyclic amide) rings is 1. The second-order valence-corrected chi connectivity index (χ2v) is 6.11. The third-order valence-corrected chi connectivity index (χ3v) is 4.77. The van der Waals surface area contributed by atoms with Gasteiger partial charge in [-0.1, -0.05) is 11.8 Å². The van der Waals surface area contributed by atoms with Crippen molar-refractivity contribution in [2.75, 3.05) is 20.0 Å². The molecule has 1 unspecified atom stereocenters. The van der Waals surface area contributed by atoms with Crippen LogP contribution in [0.1, 0.15) is 6.92 Å². The lowest BCUT2D eigenvalue weighted by Crippen LogP contribution is -2.60. The molecule has 9 heteroatoms. The van der Waals surface area contributed by atoms with E-state index in [2.05, 4.69) is 0 Å². The Morgan fingerprint density at radius 3 is 2.71 bits per heavy atom. The molecule has 0 spiro atoms. The summed E-state index contributed by atoms with van der Waals surface area (Å²) < 4.78 is 15.8. The fraction of sp³-hybridized carbons (Fsp3) is 0.667. The highest BCUT2D eigenvalue weighted by Gasteiger charge is 2.58. The number of carboxylic acids is 1. The van der Waals surface area contributed by atoms with Crippen LogP contribution in [0.25, 0.3) is 0 Å². The molecule has 21 heavy (non-hydrogen) atoms. The number of hydrogen-bond acceptors (Lipinski definition) is 7. The lowest BCUT2D eigenvalue weighted by molar-refractivity contribution is -0.159. The number of hydrogen-bond donors (Lipinski definition) is 2. The van der Waals surface area contributed by atoms with Crippen molar-refractivity contribution in [3.8, 4) is 0 Å². The summed E-state index contributed by atoms with van der Waals surface area (Å²) in [6, 6.07) is 0. The minimum atomic E-state index is -1.23. The summed E-state index contributed by atoms with van der Waals surface area (Å²) in [6.07, 6.45) is -1.24. The van der Waals surface area contributed by atoms with E-state index in [4.69, 9.17) is 14.2 Å². The van der Waals surface area contributed by atoms with Crippen LogP contribution in [0.2, 0.25) is 0 Å². The first-order valence-electron chi connectivity index (χ1n) is 6.48. The van der Waals surface area contributed by atoms with E-state index in [9.17, 15) is 19.8 Å². The number of nitrogens with zero attached hydrogens (tertiary/aromatic N) is 1. The molecule has 0 aromatic heterocycles. The Bertz CT molecular complexity index is 500. The first kappa shape index (κ1) is 14.6. The molecule has 116 valence electrons. The van der Waals surface area contributed by atoms with Crippen molar-refractivity contribution in [1.82, 2.24) is 4.90 Å². The Morgan fingerprint density at radius 1 is 1.48 bits per heavy atom. The fourth-order valence-corrected chi connectivity index (χ4v) is 4.03. The molecule has 0 aliphatic carbocycles. The zero-order valence-corrected chi connectivity index (χ0v) is 12.0. The molecular formula is C12H15NO7S. The maximum absolute atomic E-state index is 12.0. The zero-order valence-electron chi connectivity index (χ0n) is 11.2. The third kappa shape index (κ3) is 2.39. The molecule has 2 N–H and O–H groups in total. The molecule has 0 aromatic rings. The lowest BCUT2D eigenvalue weighted by Gasteiger charge is -2.43. The average molecular weight is 317 g/mol. The molecule has 3 aliphatic heterocycles. The van der Waals surface area contributed by atoms with Crippen LogP contribution in [0, 0.1) is 5.92 Å². The van der Waals surface area contributed by atoms with Crippen molar-refractivity contribution in [3.05, 3.63) is 10.8 Å². The highest BCUT2D eigenvalue weighted by atomic mass is 32.2. The van der Waals surface area contributed by atoms with E-state index in [1.54, 1.807) is 0 Å². The molecule has 8 nitrogen and oxygen atoms in total. The first-order chi connectivity index (χ1) is 10.0. The van der Waals surface area contributed by atoms with Gasteiger partial charge in [-0.05, 0) is 6.92 Å². The van der Waals surface area contributed by atoms with E-state index in [1.165, 1.54) is 11.8 Å². The van der Waals surface area contributed by atoms with Crippen LogP contribution in [0.3, 0.4) is 0 Å². The topological polar surface area (TPSA) is 106 Å². The van der Waals surface area contributed by atoms with Gasteiger partial charge in [0.2, 0.25) is 5.91 Å². The molecule has 2 saturated heterocycles. The van der Waals surface area contributed by atoms with Gasteiger partial charge in [-0.25, -0.2) is 4.79 Å². The maximum Gasteiger partial charge on any atom is 0.357 e. The van der Waals surface area contributed by atoms with Gasteiger partial charge in [0.1, 0.15) is 18.3 Å². The minimum Gasteiger partial charge on any atom is -0.477 e. The highest BCUT2D eigenvalue weighted by molar-refractivity contribution is 8.03. The van der Waals surface area contributed by atoms with E-state index < -0.39 is 35.4 Å². The fourth-order valence-electron chi connectivity index (χ4n) is 2.52. The van der Waals surface area contributed by atoms with Crippen molar-refractivity contribution in [1.29, 1.82) is 0 Å². The predicted molar refractivity (Wildman–Crippen MR) is 69.7 cm³/mol. The number of carbonyl (C=O) groups excluding carboxylic acids is 1.